The number of halogens is 1. The molecule has 0 amide bonds. The van der Waals surface area contributed by atoms with E-state index in [1.807, 2.05) is 0 Å². The van der Waals surface area contributed by atoms with E-state index in [1.54, 1.807) is 0 Å². The zero-order chi connectivity index (χ0) is 14.0. The topological polar surface area (TPSA) is 81.8 Å². The van der Waals surface area contributed by atoms with Crippen LogP contribution in [0.25, 0.3) is 11.3 Å². The largest absolute Gasteiger partial charge is 0.496 e. The summed E-state index contributed by atoms with van der Waals surface area (Å²) in [6, 6.07) is 3.73. The summed E-state index contributed by atoms with van der Waals surface area (Å²) < 4.78 is 28.6. The van der Waals surface area contributed by atoms with Crippen LogP contribution < -0.4 is 9.47 Å². The highest BCUT2D eigenvalue weighted by Gasteiger charge is 2.22. The minimum Gasteiger partial charge on any atom is -0.496 e. The van der Waals surface area contributed by atoms with Gasteiger partial charge < -0.3 is 19.1 Å². The molecule has 0 saturated heterocycles. The van der Waals surface area contributed by atoms with E-state index in [-0.39, 0.29) is 28.5 Å². The van der Waals surface area contributed by atoms with Crippen LogP contribution >= 0.6 is 0 Å². The number of methoxy groups -OCH3 is 2. The molecule has 2 rings (SSSR count). The Morgan fingerprint density at radius 1 is 1.37 bits per heavy atom. The number of aromatic nitrogens is 1. The van der Waals surface area contributed by atoms with E-state index in [9.17, 15) is 9.18 Å². The van der Waals surface area contributed by atoms with Gasteiger partial charge >= 0.3 is 5.97 Å². The highest BCUT2D eigenvalue weighted by molar-refractivity contribution is 5.87. The number of hydrogen-bond donors (Lipinski definition) is 1. The molecule has 1 heterocycles. The van der Waals surface area contributed by atoms with E-state index in [1.165, 1.54) is 32.4 Å². The van der Waals surface area contributed by atoms with Gasteiger partial charge in [-0.1, -0.05) is 5.16 Å². The molecule has 2 aromatic rings. The molecule has 0 saturated carbocycles. The monoisotopic (exact) mass is 267 g/mol. The molecule has 0 aliphatic rings. The summed E-state index contributed by atoms with van der Waals surface area (Å²) in [5, 5.41) is 12.2. The molecule has 7 heteroatoms. The average molecular weight is 267 g/mol. The molecular formula is C12H10FNO5. The Labute approximate surface area is 107 Å². The predicted molar refractivity (Wildman–Crippen MR) is 62.0 cm³/mol. The first-order valence-corrected chi connectivity index (χ1v) is 5.19. The van der Waals surface area contributed by atoms with Crippen LogP contribution in [0, 0.1) is 5.82 Å². The van der Waals surface area contributed by atoms with Gasteiger partial charge in [0.25, 0.3) is 0 Å². The van der Waals surface area contributed by atoms with E-state index in [0.717, 1.165) is 0 Å². The van der Waals surface area contributed by atoms with Crippen molar-refractivity contribution in [2.24, 2.45) is 0 Å². The van der Waals surface area contributed by atoms with Gasteiger partial charge in [-0.2, -0.15) is 0 Å². The van der Waals surface area contributed by atoms with Crippen molar-refractivity contribution in [3.8, 4) is 22.8 Å². The lowest BCUT2D eigenvalue weighted by Crippen LogP contribution is -1.96. The molecule has 0 fully saturated rings. The Bertz CT molecular complexity index is 623. The van der Waals surface area contributed by atoms with Crippen molar-refractivity contribution >= 4 is 5.97 Å². The molecular weight excluding hydrogens is 257 g/mol. The molecule has 19 heavy (non-hydrogen) atoms. The van der Waals surface area contributed by atoms with Crippen molar-refractivity contribution in [2.45, 2.75) is 0 Å². The second kappa shape index (κ2) is 4.97. The van der Waals surface area contributed by atoms with Gasteiger partial charge in [0.2, 0.25) is 0 Å². The maximum Gasteiger partial charge on any atom is 0.358 e. The molecule has 0 spiro atoms. The highest BCUT2D eigenvalue weighted by Crippen LogP contribution is 2.40. The van der Waals surface area contributed by atoms with Crippen molar-refractivity contribution in [2.75, 3.05) is 14.2 Å². The molecule has 100 valence electrons. The molecule has 1 N–H and O–H groups in total. The third-order valence-electron chi connectivity index (χ3n) is 2.47. The van der Waals surface area contributed by atoms with E-state index in [2.05, 4.69) is 5.16 Å². The van der Waals surface area contributed by atoms with Gasteiger partial charge in [0.1, 0.15) is 11.3 Å². The number of ether oxygens (including phenoxy) is 2. The summed E-state index contributed by atoms with van der Waals surface area (Å²) in [6.45, 7) is 0. The molecule has 1 aromatic heterocycles. The number of carboxylic acid groups (broad SMARTS) is 1. The number of benzene rings is 1. The van der Waals surface area contributed by atoms with Crippen molar-refractivity contribution in [3.63, 3.8) is 0 Å². The maximum atomic E-state index is 13.7. The van der Waals surface area contributed by atoms with Crippen LogP contribution in [0.2, 0.25) is 0 Å². The van der Waals surface area contributed by atoms with Gasteiger partial charge in [-0.25, -0.2) is 9.18 Å². The summed E-state index contributed by atoms with van der Waals surface area (Å²) >= 11 is 0. The van der Waals surface area contributed by atoms with Crippen LogP contribution in [0.3, 0.4) is 0 Å². The number of aromatic carboxylic acids is 1. The molecule has 6 nitrogen and oxygen atoms in total. The normalized spacial score (nSPS) is 10.3. The summed E-state index contributed by atoms with van der Waals surface area (Å²) in [6.07, 6.45) is 0. The van der Waals surface area contributed by atoms with Gasteiger partial charge in [-0.3, -0.25) is 0 Å². The van der Waals surface area contributed by atoms with Gasteiger partial charge in [0, 0.05) is 6.07 Å². The Balaban J connectivity index is 2.64. The first-order chi connectivity index (χ1) is 9.08. The maximum absolute atomic E-state index is 13.7. The summed E-state index contributed by atoms with van der Waals surface area (Å²) in [4.78, 5) is 10.8. The number of hydrogen-bond acceptors (Lipinski definition) is 5. The molecule has 1 aromatic carbocycles. The van der Waals surface area contributed by atoms with Gasteiger partial charge in [-0.15, -0.1) is 0 Å². The number of carboxylic acids is 1. The highest BCUT2D eigenvalue weighted by atomic mass is 19.1. The van der Waals surface area contributed by atoms with Gasteiger partial charge in [0.05, 0.1) is 14.2 Å². The van der Waals surface area contributed by atoms with Crippen molar-refractivity contribution in [1.82, 2.24) is 5.16 Å². The lowest BCUT2D eigenvalue weighted by Gasteiger charge is -2.11. The Morgan fingerprint density at radius 2 is 2.11 bits per heavy atom. The van der Waals surface area contributed by atoms with Crippen LogP contribution in [0.4, 0.5) is 4.39 Å². The SMILES string of the molecule is COc1ccc(F)c(OC)c1-c1cc(C(=O)O)no1. The summed E-state index contributed by atoms with van der Waals surface area (Å²) in [5.74, 6) is -1.64. The van der Waals surface area contributed by atoms with E-state index >= 15 is 0 Å². The quantitative estimate of drug-likeness (QED) is 0.914. The molecule has 0 aliphatic heterocycles. The van der Waals surface area contributed by atoms with Crippen molar-refractivity contribution < 1.29 is 28.3 Å². The van der Waals surface area contributed by atoms with Crippen LogP contribution in [-0.4, -0.2) is 30.5 Å². The number of carbonyl (C=O) groups is 1. The minimum atomic E-state index is -1.25. The van der Waals surface area contributed by atoms with Crippen LogP contribution in [0.15, 0.2) is 22.7 Å². The van der Waals surface area contributed by atoms with E-state index in [0.29, 0.717) is 0 Å². The zero-order valence-electron chi connectivity index (χ0n) is 10.1. The first-order valence-electron chi connectivity index (χ1n) is 5.19. The third kappa shape index (κ3) is 2.22. The fourth-order valence-corrected chi connectivity index (χ4v) is 1.64. The second-order valence-electron chi connectivity index (χ2n) is 3.54. The average Bonchev–Trinajstić information content (AvgIpc) is 2.87. The van der Waals surface area contributed by atoms with E-state index < -0.39 is 11.8 Å². The molecule has 0 atom stereocenters. The number of nitrogens with zero attached hydrogens (tertiary/aromatic N) is 1. The van der Waals surface area contributed by atoms with Gasteiger partial charge in [0.15, 0.2) is 23.0 Å². The zero-order valence-corrected chi connectivity index (χ0v) is 10.1. The fourth-order valence-electron chi connectivity index (χ4n) is 1.64. The van der Waals surface area contributed by atoms with Crippen molar-refractivity contribution in [3.05, 3.63) is 29.7 Å². The molecule has 0 radical (unpaired) electrons. The van der Waals surface area contributed by atoms with Crippen LogP contribution in [0.1, 0.15) is 10.5 Å². The third-order valence-corrected chi connectivity index (χ3v) is 2.47. The Kier molecular flexibility index (Phi) is 3.37. The Morgan fingerprint density at radius 3 is 2.63 bits per heavy atom. The number of rotatable bonds is 4. The molecule has 0 unspecified atom stereocenters. The standard InChI is InChI=1S/C12H10FNO5/c1-17-8-4-3-6(13)11(18-2)10(8)9-5-7(12(15)16)14-19-9/h3-5H,1-2H3,(H,15,16). The summed E-state index contributed by atoms with van der Waals surface area (Å²) in [5.41, 5.74) is -0.117. The summed E-state index contributed by atoms with van der Waals surface area (Å²) in [7, 11) is 2.68. The Hall–Kier alpha value is -2.57. The fraction of sp³-hybridized carbons (Fsp3) is 0.167. The lowest BCUT2D eigenvalue weighted by atomic mass is 10.1. The van der Waals surface area contributed by atoms with Gasteiger partial charge in [-0.05, 0) is 12.1 Å². The molecule has 0 aliphatic carbocycles. The smallest absolute Gasteiger partial charge is 0.358 e. The lowest BCUT2D eigenvalue weighted by molar-refractivity contribution is 0.0686. The second-order valence-corrected chi connectivity index (χ2v) is 3.54. The van der Waals surface area contributed by atoms with E-state index in [4.69, 9.17) is 19.1 Å². The molecule has 0 bridgehead atoms. The first kappa shape index (κ1) is 12.9. The van der Waals surface area contributed by atoms with Crippen LogP contribution in [0.5, 0.6) is 11.5 Å². The predicted octanol–water partition coefficient (Wildman–Crippen LogP) is 2.20. The van der Waals surface area contributed by atoms with Crippen molar-refractivity contribution in [1.29, 1.82) is 0 Å². The van der Waals surface area contributed by atoms with Crippen LogP contribution in [-0.2, 0) is 0 Å². The minimum absolute atomic E-state index is 0.0469.